The molecule has 1 aromatic carbocycles. The SMILES string of the molecule is C/C(=C/C(=O)N1CCOCC1C(=O)O)c1ccccc1Cl. The van der Waals surface area contributed by atoms with Gasteiger partial charge in [-0.2, -0.15) is 0 Å². The van der Waals surface area contributed by atoms with E-state index in [2.05, 4.69) is 0 Å². The van der Waals surface area contributed by atoms with Gasteiger partial charge in [-0.25, -0.2) is 4.79 Å². The Hall–Kier alpha value is -1.85. The maximum Gasteiger partial charge on any atom is 0.328 e. The van der Waals surface area contributed by atoms with Crippen LogP contribution in [-0.4, -0.2) is 47.7 Å². The number of rotatable bonds is 3. The van der Waals surface area contributed by atoms with Gasteiger partial charge in [0.1, 0.15) is 0 Å². The highest BCUT2D eigenvalue weighted by Crippen LogP contribution is 2.23. The van der Waals surface area contributed by atoms with E-state index in [-0.39, 0.29) is 19.1 Å². The fourth-order valence-corrected chi connectivity index (χ4v) is 2.48. The van der Waals surface area contributed by atoms with Gasteiger partial charge in [0.05, 0.1) is 13.2 Å². The average molecular weight is 310 g/mol. The lowest BCUT2D eigenvalue weighted by Crippen LogP contribution is -2.52. The van der Waals surface area contributed by atoms with Gasteiger partial charge < -0.3 is 14.7 Å². The number of amides is 1. The molecule has 1 aliphatic heterocycles. The first kappa shape index (κ1) is 15.5. The number of hydrogen-bond donors (Lipinski definition) is 1. The summed E-state index contributed by atoms with van der Waals surface area (Å²) in [6.45, 7) is 2.39. The minimum Gasteiger partial charge on any atom is -0.480 e. The van der Waals surface area contributed by atoms with Crippen LogP contribution < -0.4 is 0 Å². The minimum atomic E-state index is -1.06. The first-order valence-corrected chi connectivity index (χ1v) is 6.93. The lowest BCUT2D eigenvalue weighted by Gasteiger charge is -2.32. The van der Waals surface area contributed by atoms with Crippen molar-refractivity contribution in [3.8, 4) is 0 Å². The summed E-state index contributed by atoms with van der Waals surface area (Å²) in [7, 11) is 0. The van der Waals surface area contributed by atoms with Gasteiger partial charge in [-0.15, -0.1) is 0 Å². The normalized spacial score (nSPS) is 19.4. The zero-order valence-electron chi connectivity index (χ0n) is 11.6. The first-order valence-electron chi connectivity index (χ1n) is 6.55. The standard InChI is InChI=1S/C15H16ClNO4/c1-10(11-4-2-3-5-12(11)16)8-14(18)17-6-7-21-9-13(17)15(19)20/h2-5,8,13H,6-7,9H2,1H3,(H,19,20)/b10-8-. The van der Waals surface area contributed by atoms with Crippen molar-refractivity contribution in [2.24, 2.45) is 0 Å². The van der Waals surface area contributed by atoms with E-state index >= 15 is 0 Å². The minimum absolute atomic E-state index is 0.0139. The summed E-state index contributed by atoms with van der Waals surface area (Å²) < 4.78 is 5.12. The van der Waals surface area contributed by atoms with Crippen molar-refractivity contribution in [2.75, 3.05) is 19.8 Å². The molecule has 0 aromatic heterocycles. The number of carbonyl (C=O) groups is 2. The van der Waals surface area contributed by atoms with Gasteiger partial charge in [0, 0.05) is 17.6 Å². The van der Waals surface area contributed by atoms with Gasteiger partial charge in [-0.3, -0.25) is 4.79 Å². The number of benzene rings is 1. The third-order valence-electron chi connectivity index (χ3n) is 3.34. The van der Waals surface area contributed by atoms with E-state index in [1.54, 1.807) is 13.0 Å². The van der Waals surface area contributed by atoms with Crippen LogP contribution in [0.2, 0.25) is 5.02 Å². The molecular formula is C15H16ClNO4. The van der Waals surface area contributed by atoms with Gasteiger partial charge in [0.25, 0.3) is 0 Å². The van der Waals surface area contributed by atoms with E-state index in [0.29, 0.717) is 17.2 Å². The zero-order chi connectivity index (χ0) is 15.4. The molecule has 0 radical (unpaired) electrons. The van der Waals surface area contributed by atoms with E-state index in [0.717, 1.165) is 5.56 Å². The highest BCUT2D eigenvalue weighted by molar-refractivity contribution is 6.32. The molecule has 1 aliphatic rings. The summed E-state index contributed by atoms with van der Waals surface area (Å²) in [6.07, 6.45) is 1.42. The molecule has 1 aromatic rings. The van der Waals surface area contributed by atoms with Gasteiger partial charge in [0.15, 0.2) is 6.04 Å². The van der Waals surface area contributed by atoms with Crippen molar-refractivity contribution < 1.29 is 19.4 Å². The van der Waals surface area contributed by atoms with E-state index in [1.165, 1.54) is 11.0 Å². The van der Waals surface area contributed by atoms with Gasteiger partial charge in [-0.05, 0) is 24.1 Å². The highest BCUT2D eigenvalue weighted by Gasteiger charge is 2.31. The predicted molar refractivity (Wildman–Crippen MR) is 79.1 cm³/mol. The predicted octanol–water partition coefficient (Wildman–Crippen LogP) is 2.06. The fourth-order valence-electron chi connectivity index (χ4n) is 2.20. The number of carboxylic acid groups (broad SMARTS) is 1. The van der Waals surface area contributed by atoms with Crippen LogP contribution >= 0.6 is 11.6 Å². The molecule has 0 spiro atoms. The summed E-state index contributed by atoms with van der Waals surface area (Å²) in [4.78, 5) is 24.8. The van der Waals surface area contributed by atoms with Gasteiger partial charge in [0.2, 0.25) is 5.91 Å². The number of aliphatic carboxylic acids is 1. The molecular weight excluding hydrogens is 294 g/mol. The van der Waals surface area contributed by atoms with Crippen molar-refractivity contribution >= 4 is 29.1 Å². The van der Waals surface area contributed by atoms with Gasteiger partial charge in [-0.1, -0.05) is 29.8 Å². The summed E-state index contributed by atoms with van der Waals surface area (Å²) in [5.74, 6) is -1.41. The second-order valence-corrected chi connectivity index (χ2v) is 5.17. The molecule has 0 saturated carbocycles. The van der Waals surface area contributed by atoms with Crippen LogP contribution in [0, 0.1) is 0 Å². The van der Waals surface area contributed by atoms with Crippen LogP contribution in [0.25, 0.3) is 5.57 Å². The summed E-state index contributed by atoms with van der Waals surface area (Å²) in [5.41, 5.74) is 1.45. The molecule has 1 atom stereocenters. The van der Waals surface area contributed by atoms with E-state index in [1.807, 2.05) is 18.2 Å². The molecule has 21 heavy (non-hydrogen) atoms. The number of halogens is 1. The molecule has 1 N–H and O–H groups in total. The molecule has 1 saturated heterocycles. The molecule has 2 rings (SSSR count). The number of ether oxygens (including phenoxy) is 1. The number of nitrogens with zero attached hydrogens (tertiary/aromatic N) is 1. The van der Waals surface area contributed by atoms with Crippen molar-refractivity contribution in [1.29, 1.82) is 0 Å². The Morgan fingerprint density at radius 2 is 2.14 bits per heavy atom. The zero-order valence-corrected chi connectivity index (χ0v) is 12.3. The number of hydrogen-bond acceptors (Lipinski definition) is 3. The molecule has 5 nitrogen and oxygen atoms in total. The quantitative estimate of drug-likeness (QED) is 0.868. The Bertz CT molecular complexity index is 585. The summed E-state index contributed by atoms with van der Waals surface area (Å²) in [6, 6.07) is 6.26. The molecule has 0 bridgehead atoms. The molecule has 1 unspecified atom stereocenters. The van der Waals surface area contributed by atoms with Crippen LogP contribution in [0.3, 0.4) is 0 Å². The maximum absolute atomic E-state index is 12.3. The lowest BCUT2D eigenvalue weighted by molar-refractivity contribution is -0.156. The largest absolute Gasteiger partial charge is 0.480 e. The van der Waals surface area contributed by atoms with Crippen molar-refractivity contribution in [3.05, 3.63) is 40.9 Å². The Morgan fingerprint density at radius 3 is 2.81 bits per heavy atom. The molecule has 6 heteroatoms. The molecule has 112 valence electrons. The lowest BCUT2D eigenvalue weighted by atomic mass is 10.1. The second-order valence-electron chi connectivity index (χ2n) is 4.77. The maximum atomic E-state index is 12.3. The average Bonchev–Trinajstić information content (AvgIpc) is 2.47. The summed E-state index contributed by atoms with van der Waals surface area (Å²) >= 11 is 6.09. The second kappa shape index (κ2) is 6.74. The third kappa shape index (κ3) is 3.62. The number of carbonyl (C=O) groups excluding carboxylic acids is 1. The first-order chi connectivity index (χ1) is 10.0. The topological polar surface area (TPSA) is 66.8 Å². The van der Waals surface area contributed by atoms with Crippen molar-refractivity contribution in [2.45, 2.75) is 13.0 Å². The van der Waals surface area contributed by atoms with E-state index in [4.69, 9.17) is 21.4 Å². The number of morpholine rings is 1. The molecule has 1 fully saturated rings. The third-order valence-corrected chi connectivity index (χ3v) is 3.66. The van der Waals surface area contributed by atoms with Crippen LogP contribution in [0.15, 0.2) is 30.3 Å². The highest BCUT2D eigenvalue weighted by atomic mass is 35.5. The Morgan fingerprint density at radius 1 is 1.43 bits per heavy atom. The van der Waals surface area contributed by atoms with Crippen LogP contribution in [0.1, 0.15) is 12.5 Å². The van der Waals surface area contributed by atoms with E-state index in [9.17, 15) is 9.59 Å². The van der Waals surface area contributed by atoms with Crippen molar-refractivity contribution in [3.63, 3.8) is 0 Å². The molecule has 1 heterocycles. The van der Waals surface area contributed by atoms with Crippen LogP contribution in [0.4, 0.5) is 0 Å². The van der Waals surface area contributed by atoms with Crippen LogP contribution in [-0.2, 0) is 14.3 Å². The Labute approximate surface area is 127 Å². The fraction of sp³-hybridized carbons (Fsp3) is 0.333. The monoisotopic (exact) mass is 309 g/mol. The number of allylic oxidation sites excluding steroid dienone is 1. The van der Waals surface area contributed by atoms with Crippen molar-refractivity contribution in [1.82, 2.24) is 4.90 Å². The number of carboxylic acids is 1. The Balaban J connectivity index is 2.21. The van der Waals surface area contributed by atoms with Gasteiger partial charge >= 0.3 is 5.97 Å². The molecule has 1 amide bonds. The van der Waals surface area contributed by atoms with Crippen LogP contribution in [0.5, 0.6) is 0 Å². The Kier molecular flexibility index (Phi) is 4.98. The smallest absolute Gasteiger partial charge is 0.328 e. The summed E-state index contributed by atoms with van der Waals surface area (Å²) in [5, 5.41) is 9.69. The van der Waals surface area contributed by atoms with E-state index < -0.39 is 12.0 Å². The molecule has 0 aliphatic carbocycles.